The number of aromatic nitrogens is 1. The van der Waals surface area contributed by atoms with Crippen LogP contribution in [0.5, 0.6) is 0 Å². The van der Waals surface area contributed by atoms with Gasteiger partial charge in [0.2, 0.25) is 0 Å². The summed E-state index contributed by atoms with van der Waals surface area (Å²) < 4.78 is 5.78. The van der Waals surface area contributed by atoms with Crippen LogP contribution in [0.15, 0.2) is 18.5 Å². The Hall–Kier alpha value is -0.800. The molecule has 0 radical (unpaired) electrons. The topological polar surface area (TPSA) is 34.2 Å². The Morgan fingerprint density at radius 3 is 3.00 bits per heavy atom. The molecule has 4 heteroatoms. The number of hydrogen-bond donors (Lipinski definition) is 1. The van der Waals surface area contributed by atoms with E-state index in [0.29, 0.717) is 17.2 Å². The Kier molecular flexibility index (Phi) is 2.74. The number of nitrogens with zero attached hydrogens (tertiary/aromatic N) is 1. The van der Waals surface area contributed by atoms with Crippen molar-refractivity contribution in [3.63, 3.8) is 0 Å². The van der Waals surface area contributed by atoms with Gasteiger partial charge in [0.05, 0.1) is 22.9 Å². The lowest BCUT2D eigenvalue weighted by Crippen LogP contribution is -2.31. The van der Waals surface area contributed by atoms with E-state index in [9.17, 15) is 0 Å². The summed E-state index contributed by atoms with van der Waals surface area (Å²) in [5.41, 5.74) is 0.970. The lowest BCUT2D eigenvalue weighted by atomic mass is 10.1. The van der Waals surface area contributed by atoms with Gasteiger partial charge in [-0.3, -0.25) is 4.98 Å². The van der Waals surface area contributed by atoms with Crippen LogP contribution in [0, 0.1) is 5.92 Å². The fourth-order valence-electron chi connectivity index (χ4n) is 2.35. The third-order valence-corrected chi connectivity index (χ3v) is 3.64. The first-order valence-electron chi connectivity index (χ1n) is 5.82. The monoisotopic (exact) mass is 238 g/mol. The minimum absolute atomic E-state index is 0.379. The largest absolute Gasteiger partial charge is 0.378 e. The molecular weight excluding hydrogens is 224 g/mol. The van der Waals surface area contributed by atoms with Crippen LogP contribution in [0.2, 0.25) is 5.02 Å². The Balaban J connectivity index is 1.71. The molecule has 0 amide bonds. The summed E-state index contributed by atoms with van der Waals surface area (Å²) in [5.74, 6) is 0.764. The zero-order valence-corrected chi connectivity index (χ0v) is 9.78. The van der Waals surface area contributed by atoms with Crippen molar-refractivity contribution in [2.75, 3.05) is 11.9 Å². The van der Waals surface area contributed by atoms with E-state index < -0.39 is 0 Å². The maximum atomic E-state index is 6.08. The molecule has 1 aromatic rings. The fraction of sp³-hybridized carbons (Fsp3) is 0.583. The molecule has 2 heterocycles. The molecule has 1 N–H and O–H groups in total. The van der Waals surface area contributed by atoms with E-state index in [4.69, 9.17) is 16.3 Å². The maximum Gasteiger partial charge on any atom is 0.0820 e. The lowest BCUT2D eigenvalue weighted by Gasteiger charge is -2.21. The highest BCUT2D eigenvalue weighted by atomic mass is 35.5. The normalized spacial score (nSPS) is 29.3. The van der Waals surface area contributed by atoms with Gasteiger partial charge >= 0.3 is 0 Å². The number of ether oxygens (including phenoxy) is 1. The van der Waals surface area contributed by atoms with Gasteiger partial charge in [0.25, 0.3) is 0 Å². The molecular formula is C12H15ClN2O. The first kappa shape index (κ1) is 10.4. The van der Waals surface area contributed by atoms with Crippen LogP contribution in [0.3, 0.4) is 0 Å². The van der Waals surface area contributed by atoms with Crippen molar-refractivity contribution in [2.24, 2.45) is 5.92 Å². The van der Waals surface area contributed by atoms with Crippen LogP contribution in [-0.4, -0.2) is 23.7 Å². The van der Waals surface area contributed by atoms with Gasteiger partial charge in [0.15, 0.2) is 0 Å². The fourth-order valence-corrected chi connectivity index (χ4v) is 2.52. The SMILES string of the molecule is Clc1cnccc1NC1CCOC1C1CC1. The molecule has 0 spiro atoms. The molecule has 1 aliphatic heterocycles. The molecule has 16 heavy (non-hydrogen) atoms. The number of halogens is 1. The minimum atomic E-state index is 0.379. The highest BCUT2D eigenvalue weighted by Gasteiger charge is 2.40. The van der Waals surface area contributed by atoms with Crippen LogP contribution < -0.4 is 5.32 Å². The van der Waals surface area contributed by atoms with E-state index in [2.05, 4.69) is 10.3 Å². The van der Waals surface area contributed by atoms with Crippen molar-refractivity contribution in [3.05, 3.63) is 23.5 Å². The van der Waals surface area contributed by atoms with Crippen molar-refractivity contribution in [1.29, 1.82) is 0 Å². The van der Waals surface area contributed by atoms with E-state index >= 15 is 0 Å². The molecule has 2 fully saturated rings. The Morgan fingerprint density at radius 2 is 2.25 bits per heavy atom. The van der Waals surface area contributed by atoms with Gasteiger partial charge in [-0.2, -0.15) is 0 Å². The molecule has 1 saturated heterocycles. The molecule has 1 aromatic heterocycles. The molecule has 3 rings (SSSR count). The van der Waals surface area contributed by atoms with Gasteiger partial charge in [-0.1, -0.05) is 11.6 Å². The van der Waals surface area contributed by atoms with Crippen molar-refractivity contribution >= 4 is 17.3 Å². The van der Waals surface area contributed by atoms with E-state index in [1.54, 1.807) is 12.4 Å². The number of rotatable bonds is 3. The zero-order valence-electron chi connectivity index (χ0n) is 9.03. The summed E-state index contributed by atoms with van der Waals surface area (Å²) in [7, 11) is 0. The van der Waals surface area contributed by atoms with E-state index in [1.165, 1.54) is 12.8 Å². The van der Waals surface area contributed by atoms with Gasteiger partial charge in [-0.25, -0.2) is 0 Å². The smallest absolute Gasteiger partial charge is 0.0820 e. The Labute approximate surface area is 100 Å². The van der Waals surface area contributed by atoms with Gasteiger partial charge in [0, 0.05) is 19.0 Å². The maximum absolute atomic E-state index is 6.08. The van der Waals surface area contributed by atoms with Crippen molar-refractivity contribution < 1.29 is 4.74 Å². The summed E-state index contributed by atoms with van der Waals surface area (Å²) in [4.78, 5) is 3.98. The van der Waals surface area contributed by atoms with Gasteiger partial charge < -0.3 is 10.1 Å². The molecule has 3 nitrogen and oxygen atoms in total. The van der Waals surface area contributed by atoms with Crippen molar-refractivity contribution in [1.82, 2.24) is 4.98 Å². The summed E-state index contributed by atoms with van der Waals surface area (Å²) >= 11 is 6.08. The average molecular weight is 239 g/mol. The molecule has 1 saturated carbocycles. The van der Waals surface area contributed by atoms with E-state index in [1.807, 2.05) is 6.07 Å². The summed E-state index contributed by atoms with van der Waals surface area (Å²) in [6, 6.07) is 2.33. The van der Waals surface area contributed by atoms with Crippen LogP contribution in [0.25, 0.3) is 0 Å². The van der Waals surface area contributed by atoms with E-state index in [0.717, 1.165) is 24.6 Å². The van der Waals surface area contributed by atoms with Crippen molar-refractivity contribution in [2.45, 2.75) is 31.4 Å². The van der Waals surface area contributed by atoms with Crippen LogP contribution in [0.4, 0.5) is 5.69 Å². The second kappa shape index (κ2) is 4.22. The highest BCUT2D eigenvalue weighted by molar-refractivity contribution is 6.33. The number of nitrogens with one attached hydrogen (secondary N) is 1. The predicted octanol–water partition coefficient (Wildman–Crippen LogP) is 2.71. The summed E-state index contributed by atoms with van der Waals surface area (Å²) in [6.45, 7) is 0.863. The number of hydrogen-bond acceptors (Lipinski definition) is 3. The third-order valence-electron chi connectivity index (χ3n) is 3.34. The minimum Gasteiger partial charge on any atom is -0.378 e. The number of pyridine rings is 1. The first-order chi connectivity index (χ1) is 7.84. The molecule has 0 aromatic carbocycles. The molecule has 2 aliphatic rings. The molecule has 0 bridgehead atoms. The lowest BCUT2D eigenvalue weighted by molar-refractivity contribution is 0.0898. The average Bonchev–Trinajstić information content (AvgIpc) is 3.03. The summed E-state index contributed by atoms with van der Waals surface area (Å²) in [5, 5.41) is 4.17. The molecule has 2 unspecified atom stereocenters. The Morgan fingerprint density at radius 1 is 1.38 bits per heavy atom. The third kappa shape index (κ3) is 2.02. The number of anilines is 1. The standard InChI is InChI=1S/C12H15ClN2O/c13-9-7-14-5-3-10(9)15-11-4-6-16-12(11)8-1-2-8/h3,5,7-8,11-12H,1-2,4,6H2,(H,14,15). The molecule has 1 aliphatic carbocycles. The Bertz CT molecular complexity index is 381. The predicted molar refractivity (Wildman–Crippen MR) is 63.7 cm³/mol. The summed E-state index contributed by atoms with van der Waals surface area (Å²) in [6.07, 6.45) is 7.51. The second-order valence-corrected chi connectivity index (χ2v) is 4.98. The second-order valence-electron chi connectivity index (χ2n) is 4.57. The van der Waals surface area contributed by atoms with Gasteiger partial charge in [-0.05, 0) is 31.2 Å². The van der Waals surface area contributed by atoms with Crippen LogP contribution in [-0.2, 0) is 4.74 Å². The molecule has 2 atom stereocenters. The van der Waals surface area contributed by atoms with Gasteiger partial charge in [-0.15, -0.1) is 0 Å². The van der Waals surface area contributed by atoms with Gasteiger partial charge in [0.1, 0.15) is 0 Å². The van der Waals surface area contributed by atoms with Crippen LogP contribution >= 0.6 is 11.6 Å². The molecule has 86 valence electrons. The quantitative estimate of drug-likeness (QED) is 0.879. The zero-order chi connectivity index (χ0) is 11.0. The van der Waals surface area contributed by atoms with E-state index in [-0.39, 0.29) is 0 Å². The van der Waals surface area contributed by atoms with Crippen LogP contribution in [0.1, 0.15) is 19.3 Å². The van der Waals surface area contributed by atoms with Crippen molar-refractivity contribution in [3.8, 4) is 0 Å². The highest BCUT2D eigenvalue weighted by Crippen LogP contribution is 2.40. The first-order valence-corrected chi connectivity index (χ1v) is 6.20.